The van der Waals surface area contributed by atoms with Gasteiger partial charge in [-0.3, -0.25) is 9.11 Å². The van der Waals surface area contributed by atoms with Crippen molar-refractivity contribution in [1.29, 1.82) is 0 Å². The van der Waals surface area contributed by atoms with E-state index in [1.54, 1.807) is 0 Å². The molecule has 0 heterocycles. The van der Waals surface area contributed by atoms with Crippen molar-refractivity contribution in [3.8, 4) is 0 Å². The maximum absolute atomic E-state index is 8.74. The molecule has 0 spiro atoms. The quantitative estimate of drug-likeness (QED) is 0.244. The SMILES string of the molecule is CCCCC(CC)COCCOCCOCCOCCO.O=S(=O)(O)O. The van der Waals surface area contributed by atoms with Crippen molar-refractivity contribution in [3.63, 3.8) is 0 Å². The molecular formula is C16H36O9S. The van der Waals surface area contributed by atoms with Gasteiger partial charge in [-0.1, -0.05) is 33.1 Å². The first kappa shape index (κ1) is 27.9. The van der Waals surface area contributed by atoms with E-state index in [-0.39, 0.29) is 6.61 Å². The van der Waals surface area contributed by atoms with Gasteiger partial charge in [-0.05, 0) is 12.3 Å². The molecule has 0 aliphatic rings. The molecule has 0 amide bonds. The van der Waals surface area contributed by atoms with E-state index in [0.717, 1.165) is 6.61 Å². The lowest BCUT2D eigenvalue weighted by Gasteiger charge is -2.14. The minimum atomic E-state index is -4.67. The summed E-state index contributed by atoms with van der Waals surface area (Å²) < 4.78 is 53.0. The lowest BCUT2D eigenvalue weighted by Crippen LogP contribution is -2.14. The van der Waals surface area contributed by atoms with E-state index in [2.05, 4.69) is 13.8 Å². The fraction of sp³-hybridized carbons (Fsp3) is 1.00. The molecule has 0 saturated heterocycles. The van der Waals surface area contributed by atoms with Crippen molar-refractivity contribution in [2.24, 2.45) is 5.92 Å². The van der Waals surface area contributed by atoms with Crippen molar-refractivity contribution < 1.29 is 41.6 Å². The van der Waals surface area contributed by atoms with Crippen LogP contribution in [0.2, 0.25) is 0 Å². The second kappa shape index (κ2) is 21.0. The standard InChI is InChI=1S/C16H34O5.H2O4S/c1-3-5-6-16(4-2)15-21-14-13-20-12-11-19-10-9-18-8-7-17;1-5(2,3)4/h16-17H,3-15H2,1-2H3;(H2,1,2,3,4). The zero-order valence-corrected chi connectivity index (χ0v) is 16.8. The third-order valence-corrected chi connectivity index (χ3v) is 3.25. The van der Waals surface area contributed by atoms with Crippen LogP contribution in [0.3, 0.4) is 0 Å². The second-order valence-corrected chi connectivity index (χ2v) is 6.40. The Kier molecular flexibility index (Phi) is 22.5. The van der Waals surface area contributed by atoms with E-state index in [1.165, 1.54) is 25.7 Å². The van der Waals surface area contributed by atoms with Crippen LogP contribution in [-0.2, 0) is 29.3 Å². The normalized spacial score (nSPS) is 12.5. The Morgan fingerprint density at radius 3 is 1.62 bits per heavy atom. The topological polar surface area (TPSA) is 132 Å². The summed E-state index contributed by atoms with van der Waals surface area (Å²) in [5.74, 6) is 0.687. The summed E-state index contributed by atoms with van der Waals surface area (Å²) in [4.78, 5) is 0. The van der Waals surface area contributed by atoms with E-state index < -0.39 is 10.4 Å². The first-order chi connectivity index (χ1) is 12.3. The molecule has 0 aliphatic heterocycles. The first-order valence-corrected chi connectivity index (χ1v) is 10.4. The van der Waals surface area contributed by atoms with Crippen LogP contribution >= 0.6 is 0 Å². The molecule has 0 radical (unpaired) electrons. The monoisotopic (exact) mass is 404 g/mol. The van der Waals surface area contributed by atoms with Crippen LogP contribution in [0.25, 0.3) is 0 Å². The molecule has 0 rings (SSSR count). The fourth-order valence-electron chi connectivity index (χ4n) is 1.87. The summed E-state index contributed by atoms with van der Waals surface area (Å²) in [6.07, 6.45) is 5.00. The Bertz CT molecular complexity index is 355. The zero-order valence-electron chi connectivity index (χ0n) is 16.0. The van der Waals surface area contributed by atoms with E-state index >= 15 is 0 Å². The Balaban J connectivity index is 0. The molecular weight excluding hydrogens is 368 g/mol. The number of ether oxygens (including phenoxy) is 4. The Labute approximate surface area is 157 Å². The van der Waals surface area contributed by atoms with Gasteiger partial charge >= 0.3 is 10.4 Å². The van der Waals surface area contributed by atoms with Crippen LogP contribution < -0.4 is 0 Å². The van der Waals surface area contributed by atoms with Crippen molar-refractivity contribution in [3.05, 3.63) is 0 Å². The van der Waals surface area contributed by atoms with Crippen LogP contribution in [0.4, 0.5) is 0 Å². The smallest absolute Gasteiger partial charge is 0.394 e. The van der Waals surface area contributed by atoms with Gasteiger partial charge in [0.05, 0.1) is 52.9 Å². The summed E-state index contributed by atoms with van der Waals surface area (Å²) in [6, 6.07) is 0. The second-order valence-electron chi connectivity index (χ2n) is 5.50. The maximum atomic E-state index is 8.74. The van der Waals surface area contributed by atoms with Gasteiger partial charge in [0.1, 0.15) is 0 Å². The third-order valence-electron chi connectivity index (χ3n) is 3.25. The summed E-state index contributed by atoms with van der Waals surface area (Å²) in [5, 5.41) is 8.50. The minimum absolute atomic E-state index is 0.0560. The van der Waals surface area contributed by atoms with E-state index in [9.17, 15) is 0 Å². The molecule has 3 N–H and O–H groups in total. The fourth-order valence-corrected chi connectivity index (χ4v) is 1.87. The number of hydrogen-bond acceptors (Lipinski definition) is 7. The summed E-state index contributed by atoms with van der Waals surface area (Å²) >= 11 is 0. The van der Waals surface area contributed by atoms with Gasteiger partial charge in [0.2, 0.25) is 0 Å². The highest BCUT2D eigenvalue weighted by Gasteiger charge is 2.05. The summed E-state index contributed by atoms with van der Waals surface area (Å²) in [7, 11) is -4.67. The summed E-state index contributed by atoms with van der Waals surface area (Å²) in [5.41, 5.74) is 0. The molecule has 0 aliphatic carbocycles. The highest BCUT2D eigenvalue weighted by atomic mass is 32.3. The van der Waals surface area contributed by atoms with Gasteiger partial charge in [0.15, 0.2) is 0 Å². The molecule has 0 saturated carbocycles. The molecule has 160 valence electrons. The molecule has 0 aromatic carbocycles. The van der Waals surface area contributed by atoms with Gasteiger partial charge in [-0.25, -0.2) is 0 Å². The molecule has 0 fully saturated rings. The van der Waals surface area contributed by atoms with Gasteiger partial charge in [0.25, 0.3) is 0 Å². The van der Waals surface area contributed by atoms with Crippen LogP contribution in [0.1, 0.15) is 39.5 Å². The van der Waals surface area contributed by atoms with E-state index in [4.69, 9.17) is 41.6 Å². The molecule has 0 aromatic rings. The van der Waals surface area contributed by atoms with Crippen LogP contribution in [-0.4, -0.2) is 82.1 Å². The van der Waals surface area contributed by atoms with Gasteiger partial charge in [-0.15, -0.1) is 0 Å². The maximum Gasteiger partial charge on any atom is 0.394 e. The molecule has 1 unspecified atom stereocenters. The van der Waals surface area contributed by atoms with Crippen molar-refractivity contribution in [1.82, 2.24) is 0 Å². The van der Waals surface area contributed by atoms with Crippen LogP contribution in [0, 0.1) is 5.92 Å². The molecule has 1 atom stereocenters. The van der Waals surface area contributed by atoms with Gasteiger partial charge in [0, 0.05) is 6.61 Å². The Hall–Kier alpha value is -0.330. The number of unbranched alkanes of at least 4 members (excludes halogenated alkanes) is 1. The first-order valence-electron chi connectivity index (χ1n) is 8.96. The molecule has 0 bridgehead atoms. The molecule has 0 aromatic heterocycles. The predicted molar refractivity (Wildman–Crippen MR) is 97.8 cm³/mol. The zero-order chi connectivity index (χ0) is 20.1. The highest BCUT2D eigenvalue weighted by molar-refractivity contribution is 7.79. The molecule has 9 nitrogen and oxygen atoms in total. The highest BCUT2D eigenvalue weighted by Crippen LogP contribution is 2.12. The average molecular weight is 405 g/mol. The Morgan fingerprint density at radius 2 is 1.23 bits per heavy atom. The predicted octanol–water partition coefficient (Wildman–Crippen LogP) is 1.61. The van der Waals surface area contributed by atoms with E-state index in [0.29, 0.717) is 52.2 Å². The molecule has 10 heteroatoms. The lowest BCUT2D eigenvalue weighted by atomic mass is 10.0. The molecule has 26 heavy (non-hydrogen) atoms. The number of rotatable bonds is 17. The average Bonchev–Trinajstić information content (AvgIpc) is 2.57. The number of aliphatic hydroxyl groups is 1. The van der Waals surface area contributed by atoms with Crippen LogP contribution in [0.5, 0.6) is 0 Å². The van der Waals surface area contributed by atoms with Crippen molar-refractivity contribution in [2.75, 3.05) is 59.5 Å². The van der Waals surface area contributed by atoms with Crippen molar-refractivity contribution >= 4 is 10.4 Å². The third kappa shape index (κ3) is 31.4. The van der Waals surface area contributed by atoms with Gasteiger partial charge < -0.3 is 24.1 Å². The summed E-state index contributed by atoms with van der Waals surface area (Å²) in [6.45, 7) is 9.19. The van der Waals surface area contributed by atoms with Crippen molar-refractivity contribution in [2.45, 2.75) is 39.5 Å². The largest absolute Gasteiger partial charge is 0.394 e. The number of hydrogen-bond donors (Lipinski definition) is 3. The van der Waals surface area contributed by atoms with E-state index in [1.807, 2.05) is 0 Å². The van der Waals surface area contributed by atoms with Gasteiger partial charge in [-0.2, -0.15) is 8.42 Å². The lowest BCUT2D eigenvalue weighted by molar-refractivity contribution is -0.00946. The minimum Gasteiger partial charge on any atom is -0.394 e. The Morgan fingerprint density at radius 1 is 0.808 bits per heavy atom. The van der Waals surface area contributed by atoms with Crippen LogP contribution in [0.15, 0.2) is 0 Å². The number of aliphatic hydroxyl groups excluding tert-OH is 1.